The minimum atomic E-state index is -0.234. The summed E-state index contributed by atoms with van der Waals surface area (Å²) in [5.41, 5.74) is 9.48. The van der Waals surface area contributed by atoms with Crippen LogP contribution in [0.2, 0.25) is 0 Å². The Morgan fingerprint density at radius 1 is 0.600 bits per heavy atom. The van der Waals surface area contributed by atoms with Gasteiger partial charge in [0.1, 0.15) is 5.65 Å². The summed E-state index contributed by atoms with van der Waals surface area (Å²) in [4.78, 5) is 14.6. The molecule has 4 nitrogen and oxygen atoms in total. The van der Waals surface area contributed by atoms with Gasteiger partial charge in [-0.2, -0.15) is 0 Å². The van der Waals surface area contributed by atoms with Gasteiger partial charge < -0.3 is 0 Å². The van der Waals surface area contributed by atoms with Gasteiger partial charge in [0.25, 0.3) is 0 Å². The number of benzene rings is 4. The maximum Gasteiger partial charge on any atom is 0.147 e. The van der Waals surface area contributed by atoms with E-state index in [2.05, 4.69) is 114 Å². The van der Waals surface area contributed by atoms with E-state index in [4.69, 9.17) is 9.97 Å². The first kappa shape index (κ1) is 22.9. The van der Waals surface area contributed by atoms with Gasteiger partial charge >= 0.3 is 0 Å². The topological polar surface area (TPSA) is 43.1 Å². The molecule has 190 valence electrons. The van der Waals surface area contributed by atoms with Gasteiger partial charge in [-0.15, -0.1) is 0 Å². The number of aromatic nitrogens is 4. The third kappa shape index (κ3) is 3.36. The first-order chi connectivity index (χ1) is 19.6. The van der Waals surface area contributed by atoms with Crippen molar-refractivity contribution in [2.75, 3.05) is 0 Å². The van der Waals surface area contributed by atoms with Crippen LogP contribution in [0.5, 0.6) is 0 Å². The Balaban J connectivity index is 1.39. The average Bonchev–Trinajstić information content (AvgIpc) is 3.39. The molecule has 0 unspecified atom stereocenters. The molecule has 0 fully saturated rings. The lowest BCUT2D eigenvalue weighted by molar-refractivity contribution is 0.642. The van der Waals surface area contributed by atoms with Crippen molar-refractivity contribution in [2.45, 2.75) is 19.3 Å². The number of hydrogen-bond donors (Lipinski definition) is 0. The van der Waals surface area contributed by atoms with Crippen LogP contribution in [0.15, 0.2) is 122 Å². The van der Waals surface area contributed by atoms with Crippen LogP contribution < -0.4 is 0 Å². The van der Waals surface area contributed by atoms with Gasteiger partial charge in [-0.1, -0.05) is 68.4 Å². The molecule has 0 bridgehead atoms. The van der Waals surface area contributed by atoms with E-state index in [1.807, 2.05) is 30.6 Å². The standard InChI is InChI=1S/C36H26N4/c1-36(2,26-12-7-11-25(19-26)30-14-5-6-17-37-30)27-15-16-32-29(22-27)34-28(13-8-18-38-34)35-39-31-20-23-9-3-4-10-24(23)21-33(31)40(32)35/h3-22H,1-2H3. The van der Waals surface area contributed by atoms with Crippen LogP contribution in [0.3, 0.4) is 0 Å². The van der Waals surface area contributed by atoms with Crippen molar-refractivity contribution in [3.63, 3.8) is 0 Å². The molecule has 4 heteroatoms. The molecule has 4 aromatic heterocycles. The summed E-state index contributed by atoms with van der Waals surface area (Å²) in [6.07, 6.45) is 3.72. The summed E-state index contributed by atoms with van der Waals surface area (Å²) < 4.78 is 2.31. The number of imidazole rings is 1. The van der Waals surface area contributed by atoms with Crippen LogP contribution in [-0.2, 0) is 5.41 Å². The highest BCUT2D eigenvalue weighted by atomic mass is 15.0. The van der Waals surface area contributed by atoms with E-state index >= 15 is 0 Å². The molecule has 8 rings (SSSR count). The van der Waals surface area contributed by atoms with E-state index in [0.29, 0.717) is 0 Å². The van der Waals surface area contributed by atoms with Gasteiger partial charge in [0.15, 0.2) is 0 Å². The second-order valence-corrected chi connectivity index (χ2v) is 11.0. The molecule has 0 N–H and O–H groups in total. The van der Waals surface area contributed by atoms with Crippen molar-refractivity contribution in [3.05, 3.63) is 133 Å². The van der Waals surface area contributed by atoms with Gasteiger partial charge in [0.2, 0.25) is 0 Å². The van der Waals surface area contributed by atoms with Crippen LogP contribution in [0.25, 0.3) is 60.5 Å². The van der Waals surface area contributed by atoms with Gasteiger partial charge in [0.05, 0.1) is 27.8 Å². The van der Waals surface area contributed by atoms with Gasteiger partial charge in [-0.3, -0.25) is 14.4 Å². The largest absolute Gasteiger partial charge is 0.292 e. The van der Waals surface area contributed by atoms with Gasteiger partial charge in [0, 0.05) is 34.1 Å². The third-order valence-electron chi connectivity index (χ3n) is 8.33. The van der Waals surface area contributed by atoms with E-state index in [-0.39, 0.29) is 5.41 Å². The summed E-state index contributed by atoms with van der Waals surface area (Å²) >= 11 is 0. The fourth-order valence-corrected chi connectivity index (χ4v) is 6.06. The minimum absolute atomic E-state index is 0.234. The van der Waals surface area contributed by atoms with E-state index in [9.17, 15) is 0 Å². The van der Waals surface area contributed by atoms with Crippen molar-refractivity contribution in [1.29, 1.82) is 0 Å². The molecule has 0 aliphatic heterocycles. The Bertz CT molecular complexity index is 2240. The highest BCUT2D eigenvalue weighted by molar-refractivity contribution is 6.13. The van der Waals surface area contributed by atoms with Gasteiger partial charge in [-0.05, 0) is 76.5 Å². The summed E-state index contributed by atoms with van der Waals surface area (Å²) in [5, 5.41) is 4.59. The SMILES string of the molecule is CC(C)(c1cccc(-c2ccccn2)c1)c1ccc2c(c1)c1ncccc1c1nc3cc4ccccc4cc3n21. The monoisotopic (exact) mass is 514 g/mol. The first-order valence-corrected chi connectivity index (χ1v) is 13.6. The first-order valence-electron chi connectivity index (χ1n) is 13.6. The van der Waals surface area contributed by atoms with Crippen LogP contribution in [0, 0.1) is 0 Å². The van der Waals surface area contributed by atoms with Crippen LogP contribution in [0.1, 0.15) is 25.0 Å². The van der Waals surface area contributed by atoms with Crippen molar-refractivity contribution in [3.8, 4) is 11.3 Å². The number of pyridine rings is 3. The van der Waals surface area contributed by atoms with Crippen molar-refractivity contribution >= 4 is 49.3 Å². The molecule has 40 heavy (non-hydrogen) atoms. The Morgan fingerprint density at radius 2 is 1.40 bits per heavy atom. The summed E-state index contributed by atoms with van der Waals surface area (Å²) in [6.45, 7) is 4.58. The van der Waals surface area contributed by atoms with Gasteiger partial charge in [-0.25, -0.2) is 4.98 Å². The van der Waals surface area contributed by atoms with Crippen LogP contribution >= 0.6 is 0 Å². The predicted octanol–water partition coefficient (Wildman–Crippen LogP) is 8.73. The van der Waals surface area contributed by atoms with E-state index in [0.717, 1.165) is 49.7 Å². The molecule has 0 atom stereocenters. The second-order valence-electron chi connectivity index (χ2n) is 11.0. The molecule has 0 saturated carbocycles. The van der Waals surface area contributed by atoms with Crippen molar-refractivity contribution in [2.24, 2.45) is 0 Å². The lowest BCUT2D eigenvalue weighted by Gasteiger charge is -2.27. The van der Waals surface area contributed by atoms with Crippen LogP contribution in [-0.4, -0.2) is 19.4 Å². The highest BCUT2D eigenvalue weighted by Gasteiger charge is 2.25. The van der Waals surface area contributed by atoms with Crippen molar-refractivity contribution < 1.29 is 0 Å². The molecule has 8 aromatic rings. The summed E-state index contributed by atoms with van der Waals surface area (Å²) in [6, 6.07) is 38.7. The lowest BCUT2D eigenvalue weighted by Crippen LogP contribution is -2.19. The molecule has 0 aliphatic rings. The molecular weight excluding hydrogens is 488 g/mol. The Kier molecular flexibility index (Phi) is 4.83. The molecule has 0 radical (unpaired) electrons. The smallest absolute Gasteiger partial charge is 0.147 e. The fourth-order valence-electron chi connectivity index (χ4n) is 6.06. The highest BCUT2D eigenvalue weighted by Crippen LogP contribution is 2.38. The molecule has 4 heterocycles. The van der Waals surface area contributed by atoms with Crippen LogP contribution in [0.4, 0.5) is 0 Å². The molecule has 4 aromatic carbocycles. The Labute approximate surface area is 231 Å². The molecule has 0 aliphatic carbocycles. The predicted molar refractivity (Wildman–Crippen MR) is 165 cm³/mol. The molecule has 0 amide bonds. The number of fused-ring (bicyclic) bond motifs is 9. The summed E-state index contributed by atoms with van der Waals surface area (Å²) in [7, 11) is 0. The Morgan fingerprint density at radius 3 is 2.25 bits per heavy atom. The fraction of sp³-hybridized carbons (Fsp3) is 0.0833. The third-order valence-corrected chi connectivity index (χ3v) is 8.33. The maximum atomic E-state index is 5.12. The number of hydrogen-bond acceptors (Lipinski definition) is 3. The number of nitrogens with zero attached hydrogens (tertiary/aromatic N) is 4. The zero-order chi connectivity index (χ0) is 26.8. The van der Waals surface area contributed by atoms with E-state index < -0.39 is 0 Å². The minimum Gasteiger partial charge on any atom is -0.292 e. The zero-order valence-electron chi connectivity index (χ0n) is 22.3. The number of rotatable bonds is 3. The van der Waals surface area contributed by atoms with E-state index in [1.165, 1.54) is 21.9 Å². The molecule has 0 saturated heterocycles. The van der Waals surface area contributed by atoms with E-state index in [1.54, 1.807) is 0 Å². The normalized spacial score (nSPS) is 12.2. The molecule has 0 spiro atoms. The quantitative estimate of drug-likeness (QED) is 0.221. The zero-order valence-corrected chi connectivity index (χ0v) is 22.3. The second kappa shape index (κ2) is 8.45. The Hall–Kier alpha value is -5.09. The lowest BCUT2D eigenvalue weighted by atomic mass is 9.77. The molecular formula is C36H26N4. The maximum absolute atomic E-state index is 5.12. The van der Waals surface area contributed by atoms with Crippen molar-refractivity contribution in [1.82, 2.24) is 19.4 Å². The average molecular weight is 515 g/mol. The summed E-state index contributed by atoms with van der Waals surface area (Å²) in [5.74, 6) is 0.